The van der Waals surface area contributed by atoms with Gasteiger partial charge in [-0.3, -0.25) is 14.5 Å². The highest BCUT2D eigenvalue weighted by atomic mass is 16.2. The smallest absolute Gasteiger partial charge is 0.261 e. The lowest BCUT2D eigenvalue weighted by atomic mass is 10.0. The summed E-state index contributed by atoms with van der Waals surface area (Å²) >= 11 is 0. The van der Waals surface area contributed by atoms with Crippen LogP contribution in [0.4, 0.5) is 0 Å². The molecule has 1 fully saturated rings. The first-order valence-corrected chi connectivity index (χ1v) is 7.67. The molecule has 0 spiro atoms. The van der Waals surface area contributed by atoms with Gasteiger partial charge in [-0.1, -0.05) is 12.2 Å². The lowest BCUT2D eigenvalue weighted by molar-refractivity contribution is 0.0645. The molecule has 0 unspecified atom stereocenters. The minimum Gasteiger partial charge on any atom is -0.336 e. The number of aromatic amines is 1. The summed E-state index contributed by atoms with van der Waals surface area (Å²) in [7, 11) is 0. The van der Waals surface area contributed by atoms with Gasteiger partial charge in [-0.15, -0.1) is 0 Å². The van der Waals surface area contributed by atoms with Crippen molar-refractivity contribution in [3.8, 4) is 0 Å². The highest BCUT2D eigenvalue weighted by molar-refractivity contribution is 5.95. The Morgan fingerprint density at radius 3 is 2.27 bits per heavy atom. The highest BCUT2D eigenvalue weighted by Crippen LogP contribution is 2.15. The lowest BCUT2D eigenvalue weighted by Crippen LogP contribution is -2.50. The number of hydrogen-bond acceptors (Lipinski definition) is 3. The van der Waals surface area contributed by atoms with Crippen molar-refractivity contribution >= 4 is 5.91 Å². The molecule has 0 saturated carbocycles. The molecule has 1 aliphatic rings. The molecule has 2 heterocycles. The third-order valence-corrected chi connectivity index (χ3v) is 4.39. The van der Waals surface area contributed by atoms with Crippen LogP contribution in [0.25, 0.3) is 0 Å². The third kappa shape index (κ3) is 3.30. The molecule has 1 aromatic rings. The van der Waals surface area contributed by atoms with Gasteiger partial charge in [0.2, 0.25) is 0 Å². The Hall–Kier alpha value is -1.88. The zero-order valence-corrected chi connectivity index (χ0v) is 14.0. The van der Waals surface area contributed by atoms with Gasteiger partial charge in [0.15, 0.2) is 0 Å². The van der Waals surface area contributed by atoms with E-state index in [-0.39, 0.29) is 17.0 Å². The largest absolute Gasteiger partial charge is 0.336 e. The van der Waals surface area contributed by atoms with E-state index in [1.54, 1.807) is 4.90 Å². The van der Waals surface area contributed by atoms with E-state index >= 15 is 0 Å². The van der Waals surface area contributed by atoms with Crippen molar-refractivity contribution in [2.75, 3.05) is 32.7 Å². The van der Waals surface area contributed by atoms with Crippen LogP contribution in [0, 0.1) is 20.8 Å². The Bertz CT molecular complexity index is 653. The fourth-order valence-electron chi connectivity index (χ4n) is 2.87. The maximum Gasteiger partial charge on any atom is 0.261 e. The van der Waals surface area contributed by atoms with Crippen LogP contribution in [0.3, 0.4) is 0 Å². The number of pyridine rings is 1. The van der Waals surface area contributed by atoms with Gasteiger partial charge in [-0.2, -0.15) is 0 Å². The molecule has 0 bridgehead atoms. The Morgan fingerprint density at radius 2 is 1.73 bits per heavy atom. The molecule has 0 radical (unpaired) electrons. The van der Waals surface area contributed by atoms with Crippen molar-refractivity contribution in [3.63, 3.8) is 0 Å². The quantitative estimate of drug-likeness (QED) is 0.864. The molecule has 5 heteroatoms. The molecule has 2 rings (SSSR count). The van der Waals surface area contributed by atoms with Gasteiger partial charge in [0.25, 0.3) is 11.5 Å². The molecule has 0 aliphatic carbocycles. The number of piperazine rings is 1. The zero-order valence-electron chi connectivity index (χ0n) is 14.0. The maximum absolute atomic E-state index is 12.7. The zero-order chi connectivity index (χ0) is 16.4. The van der Waals surface area contributed by atoms with E-state index in [0.29, 0.717) is 13.1 Å². The topological polar surface area (TPSA) is 56.4 Å². The molecule has 0 atom stereocenters. The Kier molecular flexibility index (Phi) is 4.86. The summed E-state index contributed by atoms with van der Waals surface area (Å²) in [6.07, 6.45) is 0. The monoisotopic (exact) mass is 303 g/mol. The normalized spacial score (nSPS) is 15.9. The van der Waals surface area contributed by atoms with E-state index in [1.807, 2.05) is 27.7 Å². The van der Waals surface area contributed by atoms with Gasteiger partial charge >= 0.3 is 0 Å². The Balaban J connectivity index is 2.16. The summed E-state index contributed by atoms with van der Waals surface area (Å²) in [5, 5.41) is 0. The molecule has 1 amide bonds. The molecular formula is C17H25N3O2. The number of amides is 1. The number of nitrogens with zero attached hydrogens (tertiary/aromatic N) is 2. The van der Waals surface area contributed by atoms with Crippen LogP contribution in [0.2, 0.25) is 0 Å². The fourth-order valence-corrected chi connectivity index (χ4v) is 2.87. The fraction of sp³-hybridized carbons (Fsp3) is 0.529. The van der Waals surface area contributed by atoms with Crippen molar-refractivity contribution in [2.45, 2.75) is 27.7 Å². The summed E-state index contributed by atoms with van der Waals surface area (Å²) in [5.41, 5.74) is 3.72. The number of aromatic nitrogens is 1. The van der Waals surface area contributed by atoms with Crippen molar-refractivity contribution < 1.29 is 4.79 Å². The predicted molar refractivity (Wildman–Crippen MR) is 88.4 cm³/mol. The van der Waals surface area contributed by atoms with Crippen LogP contribution in [-0.2, 0) is 0 Å². The Labute approximate surface area is 131 Å². The Morgan fingerprint density at radius 1 is 1.14 bits per heavy atom. The number of aryl methyl sites for hydroxylation is 1. The molecule has 120 valence electrons. The number of rotatable bonds is 3. The van der Waals surface area contributed by atoms with Crippen molar-refractivity contribution in [1.29, 1.82) is 0 Å². The number of hydrogen-bond donors (Lipinski definition) is 1. The standard InChI is InChI=1S/C17H25N3O2/c1-11(2)10-19-6-8-20(9-7-19)17(22)15-13(4)12(3)14(5)18-16(15)21/h1,6-10H2,2-5H3,(H,18,21). The highest BCUT2D eigenvalue weighted by Gasteiger charge is 2.26. The van der Waals surface area contributed by atoms with E-state index in [2.05, 4.69) is 16.5 Å². The first-order valence-electron chi connectivity index (χ1n) is 7.67. The van der Waals surface area contributed by atoms with E-state index < -0.39 is 0 Å². The van der Waals surface area contributed by atoms with Crippen LogP contribution >= 0.6 is 0 Å². The molecule has 22 heavy (non-hydrogen) atoms. The summed E-state index contributed by atoms with van der Waals surface area (Å²) < 4.78 is 0. The van der Waals surface area contributed by atoms with Crippen LogP contribution in [0.1, 0.15) is 34.1 Å². The summed E-state index contributed by atoms with van der Waals surface area (Å²) in [5.74, 6) is -0.156. The molecule has 1 saturated heterocycles. The summed E-state index contributed by atoms with van der Waals surface area (Å²) in [6.45, 7) is 15.4. The van der Waals surface area contributed by atoms with Gasteiger partial charge in [0, 0.05) is 38.4 Å². The first-order chi connectivity index (χ1) is 10.3. The second-order valence-electron chi connectivity index (χ2n) is 6.23. The molecule has 1 aromatic heterocycles. The molecular weight excluding hydrogens is 278 g/mol. The predicted octanol–water partition coefficient (Wildman–Crippen LogP) is 1.63. The SMILES string of the molecule is C=C(C)CN1CCN(C(=O)c2c(C)c(C)c(C)[nH]c2=O)CC1. The number of nitrogens with one attached hydrogen (secondary N) is 1. The van der Waals surface area contributed by atoms with E-state index in [4.69, 9.17) is 0 Å². The van der Waals surface area contributed by atoms with Gasteiger partial charge in [-0.25, -0.2) is 0 Å². The van der Waals surface area contributed by atoms with Crippen LogP contribution < -0.4 is 5.56 Å². The average Bonchev–Trinajstić information content (AvgIpc) is 2.45. The number of H-pyrrole nitrogens is 1. The van der Waals surface area contributed by atoms with Crippen LogP contribution in [-0.4, -0.2) is 53.4 Å². The minimum atomic E-state index is -0.282. The third-order valence-electron chi connectivity index (χ3n) is 4.39. The average molecular weight is 303 g/mol. The van der Waals surface area contributed by atoms with E-state index in [0.717, 1.165) is 42.0 Å². The minimum absolute atomic E-state index is 0.156. The van der Waals surface area contributed by atoms with Gasteiger partial charge < -0.3 is 9.88 Å². The summed E-state index contributed by atoms with van der Waals surface area (Å²) in [6, 6.07) is 0. The number of carbonyl (C=O) groups is 1. The second-order valence-corrected chi connectivity index (χ2v) is 6.23. The first kappa shape index (κ1) is 16.5. The van der Waals surface area contributed by atoms with Crippen LogP contribution in [0.5, 0.6) is 0 Å². The van der Waals surface area contributed by atoms with E-state index in [9.17, 15) is 9.59 Å². The van der Waals surface area contributed by atoms with Crippen molar-refractivity contribution in [2.24, 2.45) is 0 Å². The van der Waals surface area contributed by atoms with Gasteiger partial charge in [0.1, 0.15) is 5.56 Å². The van der Waals surface area contributed by atoms with E-state index in [1.165, 1.54) is 0 Å². The molecule has 1 N–H and O–H groups in total. The second kappa shape index (κ2) is 6.48. The molecule has 5 nitrogen and oxygen atoms in total. The maximum atomic E-state index is 12.7. The summed E-state index contributed by atoms with van der Waals surface area (Å²) in [4.78, 5) is 31.7. The van der Waals surface area contributed by atoms with Crippen molar-refractivity contribution in [3.05, 3.63) is 44.9 Å². The van der Waals surface area contributed by atoms with Gasteiger partial charge in [0.05, 0.1) is 0 Å². The molecule has 1 aliphatic heterocycles. The lowest BCUT2D eigenvalue weighted by Gasteiger charge is -2.35. The molecule has 0 aromatic carbocycles. The van der Waals surface area contributed by atoms with Crippen molar-refractivity contribution in [1.82, 2.24) is 14.8 Å². The van der Waals surface area contributed by atoms with Crippen LogP contribution in [0.15, 0.2) is 16.9 Å². The number of carbonyl (C=O) groups excluding carboxylic acids is 1. The van der Waals surface area contributed by atoms with Gasteiger partial charge in [-0.05, 0) is 38.8 Å².